The van der Waals surface area contributed by atoms with Gasteiger partial charge in [-0.3, -0.25) is 4.98 Å². The number of rotatable bonds is 1. The molecule has 17 heavy (non-hydrogen) atoms. The molecule has 0 spiro atoms. The monoisotopic (exact) mass is 225 g/mol. The number of hydrogen-bond acceptors (Lipinski definition) is 1. The molecule has 0 unspecified atom stereocenters. The Hall–Kier alpha value is -1.63. The van der Waals surface area contributed by atoms with Crippen molar-refractivity contribution in [2.24, 2.45) is 0 Å². The van der Waals surface area contributed by atoms with E-state index >= 15 is 0 Å². The molecule has 2 aromatic rings. The van der Waals surface area contributed by atoms with Crippen LogP contribution >= 0.6 is 0 Å². The van der Waals surface area contributed by atoms with Gasteiger partial charge in [0.2, 0.25) is 0 Å². The molecule has 2 rings (SSSR count). The summed E-state index contributed by atoms with van der Waals surface area (Å²) in [7, 11) is 0. The highest BCUT2D eigenvalue weighted by Crippen LogP contribution is 2.26. The van der Waals surface area contributed by atoms with Gasteiger partial charge in [0, 0.05) is 11.8 Å². The first-order valence-corrected chi connectivity index (χ1v) is 6.00. The van der Waals surface area contributed by atoms with Gasteiger partial charge in [0.25, 0.3) is 0 Å². The maximum Gasteiger partial charge on any atom is 0.0704 e. The normalized spacial score (nSPS) is 11.5. The van der Waals surface area contributed by atoms with Crippen molar-refractivity contribution in [2.45, 2.75) is 33.1 Å². The van der Waals surface area contributed by atoms with Crippen LogP contribution in [0.2, 0.25) is 0 Å². The second-order valence-electron chi connectivity index (χ2n) is 5.55. The third-order valence-electron chi connectivity index (χ3n) is 2.94. The Labute approximate surface area is 104 Å². The summed E-state index contributed by atoms with van der Waals surface area (Å²) in [4.78, 5) is 4.46. The van der Waals surface area contributed by atoms with E-state index in [0.29, 0.717) is 0 Å². The van der Waals surface area contributed by atoms with E-state index in [1.807, 2.05) is 6.20 Å². The molecule has 0 fully saturated rings. The van der Waals surface area contributed by atoms with Crippen molar-refractivity contribution >= 4 is 0 Å². The van der Waals surface area contributed by atoms with Crippen LogP contribution in [0.1, 0.15) is 31.9 Å². The van der Waals surface area contributed by atoms with Gasteiger partial charge in [-0.15, -0.1) is 0 Å². The second kappa shape index (κ2) is 4.33. The van der Waals surface area contributed by atoms with Crippen LogP contribution in [-0.4, -0.2) is 4.98 Å². The second-order valence-corrected chi connectivity index (χ2v) is 5.55. The van der Waals surface area contributed by atoms with Crippen LogP contribution < -0.4 is 0 Å². The minimum Gasteiger partial charge on any atom is -0.256 e. The molecule has 0 amide bonds. The van der Waals surface area contributed by atoms with E-state index in [4.69, 9.17) is 0 Å². The molecule has 0 radical (unpaired) electrons. The van der Waals surface area contributed by atoms with Crippen LogP contribution in [-0.2, 0) is 5.41 Å². The summed E-state index contributed by atoms with van der Waals surface area (Å²) in [5.41, 5.74) is 5.01. The predicted molar refractivity (Wildman–Crippen MR) is 73.1 cm³/mol. The van der Waals surface area contributed by atoms with Gasteiger partial charge in [-0.25, -0.2) is 0 Å². The fourth-order valence-corrected chi connectivity index (χ4v) is 1.86. The fourth-order valence-electron chi connectivity index (χ4n) is 1.86. The molecule has 1 aromatic heterocycles. The van der Waals surface area contributed by atoms with Gasteiger partial charge in [-0.05, 0) is 36.1 Å². The summed E-state index contributed by atoms with van der Waals surface area (Å²) in [5, 5.41) is 0. The van der Waals surface area contributed by atoms with Crippen molar-refractivity contribution in [1.29, 1.82) is 0 Å². The maximum absolute atomic E-state index is 4.46. The highest BCUT2D eigenvalue weighted by molar-refractivity contribution is 5.60. The average molecular weight is 225 g/mol. The molecular formula is C16H19N. The summed E-state index contributed by atoms with van der Waals surface area (Å²) in [6.45, 7) is 8.78. The van der Waals surface area contributed by atoms with E-state index in [1.165, 1.54) is 16.7 Å². The quantitative estimate of drug-likeness (QED) is 0.703. The summed E-state index contributed by atoms with van der Waals surface area (Å²) < 4.78 is 0. The third-order valence-corrected chi connectivity index (χ3v) is 2.94. The summed E-state index contributed by atoms with van der Waals surface area (Å²) >= 11 is 0. The first kappa shape index (κ1) is 11.8. The SMILES string of the molecule is Cc1cccc(-c2cc(C(C)(C)C)ccn2)c1. The van der Waals surface area contributed by atoms with Crippen LogP contribution in [0, 0.1) is 6.92 Å². The number of pyridine rings is 1. The molecule has 0 N–H and O–H groups in total. The molecule has 1 heterocycles. The van der Waals surface area contributed by atoms with Gasteiger partial charge in [-0.2, -0.15) is 0 Å². The maximum atomic E-state index is 4.46. The molecule has 1 aromatic carbocycles. The smallest absolute Gasteiger partial charge is 0.0704 e. The van der Waals surface area contributed by atoms with E-state index in [2.05, 4.69) is 69.1 Å². The molecule has 1 nitrogen and oxygen atoms in total. The van der Waals surface area contributed by atoms with Crippen molar-refractivity contribution < 1.29 is 0 Å². The minimum atomic E-state index is 0.168. The molecule has 0 aliphatic carbocycles. The van der Waals surface area contributed by atoms with Crippen molar-refractivity contribution in [3.8, 4) is 11.3 Å². The topological polar surface area (TPSA) is 12.9 Å². The lowest BCUT2D eigenvalue weighted by atomic mass is 9.87. The summed E-state index contributed by atoms with van der Waals surface area (Å²) in [6, 6.07) is 12.8. The Balaban J connectivity index is 2.47. The molecular weight excluding hydrogens is 206 g/mol. The van der Waals surface area contributed by atoms with Crippen molar-refractivity contribution in [1.82, 2.24) is 4.98 Å². The molecule has 0 saturated carbocycles. The number of aromatic nitrogens is 1. The Morgan fingerprint density at radius 1 is 1.00 bits per heavy atom. The zero-order valence-corrected chi connectivity index (χ0v) is 11.0. The van der Waals surface area contributed by atoms with Crippen molar-refractivity contribution in [3.05, 3.63) is 53.7 Å². The average Bonchev–Trinajstić information content (AvgIpc) is 2.28. The van der Waals surface area contributed by atoms with E-state index in [1.54, 1.807) is 0 Å². The van der Waals surface area contributed by atoms with Gasteiger partial charge in [0.15, 0.2) is 0 Å². The number of benzene rings is 1. The van der Waals surface area contributed by atoms with E-state index < -0.39 is 0 Å². The van der Waals surface area contributed by atoms with Crippen LogP contribution in [0.5, 0.6) is 0 Å². The molecule has 0 bridgehead atoms. The van der Waals surface area contributed by atoms with Crippen molar-refractivity contribution in [3.63, 3.8) is 0 Å². The number of hydrogen-bond donors (Lipinski definition) is 0. The first-order valence-electron chi connectivity index (χ1n) is 6.00. The van der Waals surface area contributed by atoms with Crippen LogP contribution in [0.15, 0.2) is 42.6 Å². The van der Waals surface area contributed by atoms with Gasteiger partial charge in [-0.1, -0.05) is 44.5 Å². The Morgan fingerprint density at radius 2 is 1.76 bits per heavy atom. The first-order chi connectivity index (χ1) is 7.97. The van der Waals surface area contributed by atoms with Gasteiger partial charge < -0.3 is 0 Å². The molecule has 0 aliphatic heterocycles. The zero-order chi connectivity index (χ0) is 12.5. The number of aryl methyl sites for hydroxylation is 1. The van der Waals surface area contributed by atoms with Gasteiger partial charge in [0.05, 0.1) is 5.69 Å². The lowest BCUT2D eigenvalue weighted by molar-refractivity contribution is 0.589. The lowest BCUT2D eigenvalue weighted by Gasteiger charge is -2.19. The Bertz CT molecular complexity index is 521. The highest BCUT2D eigenvalue weighted by atomic mass is 14.7. The molecule has 0 aliphatic rings. The largest absolute Gasteiger partial charge is 0.256 e. The van der Waals surface area contributed by atoms with Crippen molar-refractivity contribution in [2.75, 3.05) is 0 Å². The zero-order valence-electron chi connectivity index (χ0n) is 11.0. The van der Waals surface area contributed by atoms with E-state index in [-0.39, 0.29) is 5.41 Å². The highest BCUT2D eigenvalue weighted by Gasteiger charge is 2.14. The fraction of sp³-hybridized carbons (Fsp3) is 0.312. The van der Waals surface area contributed by atoms with Gasteiger partial charge >= 0.3 is 0 Å². The van der Waals surface area contributed by atoms with E-state index in [9.17, 15) is 0 Å². The minimum absolute atomic E-state index is 0.168. The molecule has 0 atom stereocenters. The van der Waals surface area contributed by atoms with Crippen LogP contribution in [0.4, 0.5) is 0 Å². The van der Waals surface area contributed by atoms with Crippen LogP contribution in [0.3, 0.4) is 0 Å². The summed E-state index contributed by atoms with van der Waals surface area (Å²) in [5.74, 6) is 0. The van der Waals surface area contributed by atoms with E-state index in [0.717, 1.165) is 5.69 Å². The molecule has 1 heteroatoms. The molecule has 88 valence electrons. The van der Waals surface area contributed by atoms with Gasteiger partial charge in [0.1, 0.15) is 0 Å². The predicted octanol–water partition coefficient (Wildman–Crippen LogP) is 4.35. The third kappa shape index (κ3) is 2.73. The van der Waals surface area contributed by atoms with Crippen LogP contribution in [0.25, 0.3) is 11.3 Å². The number of nitrogens with zero attached hydrogens (tertiary/aromatic N) is 1. The Kier molecular flexibility index (Phi) is 3.01. The molecule has 0 saturated heterocycles. The lowest BCUT2D eigenvalue weighted by Crippen LogP contribution is -2.11. The Morgan fingerprint density at radius 3 is 2.41 bits per heavy atom. The standard InChI is InChI=1S/C16H19N/c1-12-6-5-7-13(10-12)15-11-14(8-9-17-15)16(2,3)4/h5-11H,1-4H3. The summed E-state index contributed by atoms with van der Waals surface area (Å²) in [6.07, 6.45) is 1.90.